The Balaban J connectivity index is 1.63. The minimum absolute atomic E-state index is 0.144. The minimum Gasteiger partial charge on any atom is -0.444 e. The quantitative estimate of drug-likeness (QED) is 0.360. The van der Waals surface area contributed by atoms with E-state index in [1.54, 1.807) is 60.1 Å². The topological polar surface area (TPSA) is 132 Å². The molecule has 1 aliphatic heterocycles. The summed E-state index contributed by atoms with van der Waals surface area (Å²) in [5, 5.41) is 19.2. The summed E-state index contributed by atoms with van der Waals surface area (Å²) < 4.78 is 7.00. The molecule has 150 valence electrons. The van der Waals surface area contributed by atoms with E-state index in [-0.39, 0.29) is 17.7 Å². The summed E-state index contributed by atoms with van der Waals surface area (Å²) in [5.74, 6) is -0.310. The number of nitrogens with one attached hydrogen (secondary N) is 3. The zero-order valence-electron chi connectivity index (χ0n) is 16.0. The van der Waals surface area contributed by atoms with Crippen molar-refractivity contribution in [3.63, 3.8) is 0 Å². The molecule has 0 radical (unpaired) electrons. The third-order valence-electron chi connectivity index (χ3n) is 4.31. The largest absolute Gasteiger partial charge is 0.444 e. The van der Waals surface area contributed by atoms with Gasteiger partial charge in [-0.25, -0.2) is 9.78 Å². The Morgan fingerprint density at radius 3 is 2.75 bits per heavy atom. The maximum atomic E-state index is 12.6. The molecule has 1 saturated heterocycles. The molecule has 1 aliphatic rings. The number of carbonyl (C=O) groups is 2. The van der Waals surface area contributed by atoms with Crippen molar-refractivity contribution in [1.82, 2.24) is 19.8 Å². The summed E-state index contributed by atoms with van der Waals surface area (Å²) in [6.45, 7) is 6.18. The van der Waals surface area contributed by atoms with Crippen molar-refractivity contribution in [1.29, 1.82) is 5.41 Å². The van der Waals surface area contributed by atoms with Crippen LogP contribution in [0.25, 0.3) is 5.65 Å². The molecule has 4 N–H and O–H groups in total. The van der Waals surface area contributed by atoms with Gasteiger partial charge in [-0.2, -0.15) is 0 Å². The standard InChI is InChI=1S/C18H24N6O4/c1-18(2,3)28-17(26)23-7-6-12(9-23)16(25)21-13-10-24-8-11(15(19)22-27)4-5-14(24)20-13/h4-5,8,10,12,27H,6-7,9H2,1-3H3,(H2,19,22)(H,21,25)/t12-/m0/s1. The molecule has 1 atom stereocenters. The minimum atomic E-state index is -0.575. The first-order valence-electron chi connectivity index (χ1n) is 8.93. The first-order chi connectivity index (χ1) is 13.2. The van der Waals surface area contributed by atoms with Gasteiger partial charge in [-0.1, -0.05) is 0 Å². The highest BCUT2D eigenvalue weighted by Gasteiger charge is 2.33. The third-order valence-corrected chi connectivity index (χ3v) is 4.31. The maximum absolute atomic E-state index is 12.6. The Bertz CT molecular complexity index is 916. The molecule has 0 spiro atoms. The average Bonchev–Trinajstić information content (AvgIpc) is 3.25. The number of pyridine rings is 1. The Morgan fingerprint density at radius 1 is 1.32 bits per heavy atom. The van der Waals surface area contributed by atoms with E-state index in [4.69, 9.17) is 15.4 Å². The second-order valence-electron chi connectivity index (χ2n) is 7.70. The molecule has 28 heavy (non-hydrogen) atoms. The van der Waals surface area contributed by atoms with Crippen molar-refractivity contribution in [2.75, 3.05) is 18.4 Å². The van der Waals surface area contributed by atoms with Crippen LogP contribution in [-0.2, 0) is 9.53 Å². The van der Waals surface area contributed by atoms with Crippen LogP contribution in [0.1, 0.15) is 32.8 Å². The molecular weight excluding hydrogens is 364 g/mol. The lowest BCUT2D eigenvalue weighted by Gasteiger charge is -2.24. The van der Waals surface area contributed by atoms with Crippen LogP contribution in [0.3, 0.4) is 0 Å². The number of carbonyl (C=O) groups excluding carboxylic acids is 2. The maximum Gasteiger partial charge on any atom is 0.410 e. The predicted octanol–water partition coefficient (Wildman–Crippen LogP) is 1.83. The normalized spacial score (nSPS) is 16.9. The fourth-order valence-electron chi connectivity index (χ4n) is 2.96. The van der Waals surface area contributed by atoms with Crippen molar-refractivity contribution < 1.29 is 19.5 Å². The molecule has 10 nitrogen and oxygen atoms in total. The molecule has 0 saturated carbocycles. The van der Waals surface area contributed by atoms with Gasteiger partial charge in [0.2, 0.25) is 5.91 Å². The van der Waals surface area contributed by atoms with Gasteiger partial charge in [-0.05, 0) is 39.3 Å². The van der Waals surface area contributed by atoms with Gasteiger partial charge < -0.3 is 19.4 Å². The van der Waals surface area contributed by atoms with Gasteiger partial charge in [0, 0.05) is 24.8 Å². The van der Waals surface area contributed by atoms with Gasteiger partial charge in [0.15, 0.2) is 11.7 Å². The number of amidine groups is 1. The number of aromatic nitrogens is 2. The van der Waals surface area contributed by atoms with Gasteiger partial charge in [0.25, 0.3) is 0 Å². The number of rotatable bonds is 3. The molecule has 2 aromatic rings. The van der Waals surface area contributed by atoms with Crippen molar-refractivity contribution in [2.24, 2.45) is 5.92 Å². The number of ether oxygens (including phenoxy) is 1. The van der Waals surface area contributed by atoms with Crippen LogP contribution >= 0.6 is 0 Å². The van der Waals surface area contributed by atoms with Crippen LogP contribution in [0.4, 0.5) is 10.6 Å². The molecule has 3 heterocycles. The van der Waals surface area contributed by atoms with E-state index in [0.717, 1.165) is 0 Å². The van der Waals surface area contributed by atoms with E-state index in [9.17, 15) is 9.59 Å². The summed E-state index contributed by atoms with van der Waals surface area (Å²) in [6.07, 6.45) is 3.38. The number of hydroxylamine groups is 1. The monoisotopic (exact) mass is 388 g/mol. The molecule has 0 aromatic carbocycles. The van der Waals surface area contributed by atoms with Gasteiger partial charge in [-0.15, -0.1) is 0 Å². The number of fused-ring (bicyclic) bond motifs is 1. The lowest BCUT2D eigenvalue weighted by atomic mass is 10.1. The highest BCUT2D eigenvalue weighted by atomic mass is 16.6. The van der Waals surface area contributed by atoms with Gasteiger partial charge >= 0.3 is 6.09 Å². The number of likely N-dealkylation sites (tertiary alicyclic amines) is 1. The first-order valence-corrected chi connectivity index (χ1v) is 8.93. The van der Waals surface area contributed by atoms with E-state index in [2.05, 4.69) is 10.3 Å². The highest BCUT2D eigenvalue weighted by molar-refractivity contribution is 5.95. The number of nitrogens with zero attached hydrogens (tertiary/aromatic N) is 3. The molecule has 2 amide bonds. The fraction of sp³-hybridized carbons (Fsp3) is 0.444. The second kappa shape index (κ2) is 7.47. The zero-order valence-corrected chi connectivity index (χ0v) is 16.0. The first kappa shape index (κ1) is 19.6. The summed E-state index contributed by atoms with van der Waals surface area (Å²) in [4.78, 5) is 30.5. The molecule has 1 fully saturated rings. The van der Waals surface area contributed by atoms with Crippen molar-refractivity contribution in [3.8, 4) is 0 Å². The van der Waals surface area contributed by atoms with E-state index in [1.165, 1.54) is 0 Å². The summed E-state index contributed by atoms with van der Waals surface area (Å²) in [6, 6.07) is 3.31. The lowest BCUT2D eigenvalue weighted by Crippen LogP contribution is -2.36. The molecule has 0 aliphatic carbocycles. The van der Waals surface area contributed by atoms with E-state index in [1.807, 2.05) is 0 Å². The molecule has 0 unspecified atom stereocenters. The Morgan fingerprint density at radius 2 is 2.07 bits per heavy atom. The SMILES string of the molecule is CC(C)(C)OC(=O)N1CC[C@H](C(=O)Nc2cn3cc(C(=N)NO)ccc3n2)C1. The average molecular weight is 388 g/mol. The molecule has 0 bridgehead atoms. The van der Waals surface area contributed by atoms with Crippen LogP contribution in [0.15, 0.2) is 24.5 Å². The molecule has 10 heteroatoms. The highest BCUT2D eigenvalue weighted by Crippen LogP contribution is 2.21. The third kappa shape index (κ3) is 4.39. The van der Waals surface area contributed by atoms with Crippen LogP contribution < -0.4 is 10.8 Å². The Kier molecular flexibility index (Phi) is 5.23. The van der Waals surface area contributed by atoms with Crippen LogP contribution in [-0.4, -0.2) is 56.0 Å². The number of amides is 2. The second-order valence-corrected chi connectivity index (χ2v) is 7.70. The summed E-state index contributed by atoms with van der Waals surface area (Å²) in [7, 11) is 0. The van der Waals surface area contributed by atoms with Crippen molar-refractivity contribution >= 4 is 29.3 Å². The molecular formula is C18H24N6O4. The van der Waals surface area contributed by atoms with Crippen LogP contribution in [0.2, 0.25) is 0 Å². The summed E-state index contributed by atoms with van der Waals surface area (Å²) in [5.41, 5.74) is 2.27. The Labute approximate surface area is 162 Å². The van der Waals surface area contributed by atoms with Crippen LogP contribution in [0, 0.1) is 11.3 Å². The summed E-state index contributed by atoms with van der Waals surface area (Å²) >= 11 is 0. The van der Waals surface area contributed by atoms with Crippen molar-refractivity contribution in [3.05, 3.63) is 30.1 Å². The number of imidazole rings is 1. The van der Waals surface area contributed by atoms with E-state index in [0.29, 0.717) is 36.5 Å². The molecule has 3 rings (SSSR count). The Hall–Kier alpha value is -3.14. The van der Waals surface area contributed by atoms with Gasteiger partial charge in [-0.3, -0.25) is 20.9 Å². The fourth-order valence-corrected chi connectivity index (χ4v) is 2.96. The van der Waals surface area contributed by atoms with Gasteiger partial charge in [0.1, 0.15) is 11.2 Å². The van der Waals surface area contributed by atoms with Gasteiger partial charge in [0.05, 0.1) is 12.1 Å². The lowest BCUT2D eigenvalue weighted by molar-refractivity contribution is -0.119. The predicted molar refractivity (Wildman–Crippen MR) is 101 cm³/mol. The van der Waals surface area contributed by atoms with E-state index < -0.39 is 11.7 Å². The number of hydrogen-bond donors (Lipinski definition) is 4. The van der Waals surface area contributed by atoms with Crippen molar-refractivity contribution in [2.45, 2.75) is 32.8 Å². The number of hydrogen-bond acceptors (Lipinski definition) is 6. The smallest absolute Gasteiger partial charge is 0.410 e. The zero-order chi connectivity index (χ0) is 20.5. The molecule has 2 aromatic heterocycles. The van der Waals surface area contributed by atoms with E-state index >= 15 is 0 Å². The van der Waals surface area contributed by atoms with Crippen LogP contribution in [0.5, 0.6) is 0 Å². The number of anilines is 1.